The van der Waals surface area contributed by atoms with E-state index in [-0.39, 0.29) is 30.1 Å². The predicted octanol–water partition coefficient (Wildman–Crippen LogP) is 5.43. The summed E-state index contributed by atoms with van der Waals surface area (Å²) < 4.78 is 46.1. The number of fused-ring (bicyclic) bond motifs is 1. The lowest BCUT2D eigenvalue weighted by atomic mass is 9.90. The molecule has 2 atom stereocenters. The fraction of sp³-hybridized carbons (Fsp3) is 0.395. The highest BCUT2D eigenvalue weighted by Gasteiger charge is 2.51. The Morgan fingerprint density at radius 3 is 2.42 bits per heavy atom. The molecule has 4 aromatic rings. The predicted molar refractivity (Wildman–Crippen MR) is 191 cm³/mol. The molecule has 0 spiro atoms. The summed E-state index contributed by atoms with van der Waals surface area (Å²) in [6, 6.07) is 19.9. The van der Waals surface area contributed by atoms with Gasteiger partial charge in [-0.3, -0.25) is 29.7 Å². The Hall–Kier alpha value is -4.95. The van der Waals surface area contributed by atoms with Gasteiger partial charge in [0, 0.05) is 61.8 Å². The average molecular weight is 750 g/mol. The first-order valence-electron chi connectivity index (χ1n) is 17.5. The van der Waals surface area contributed by atoms with E-state index in [4.69, 9.17) is 16.3 Å². The van der Waals surface area contributed by atoms with E-state index in [0.717, 1.165) is 74.5 Å². The largest absolute Gasteiger partial charge is 0.480 e. The second-order valence-electron chi connectivity index (χ2n) is 14.3. The molecule has 278 valence electrons. The monoisotopic (exact) mass is 749 g/mol. The first-order chi connectivity index (χ1) is 25.2. The quantitative estimate of drug-likeness (QED) is 0.193. The number of halogens is 4. The van der Waals surface area contributed by atoms with Crippen LogP contribution in [0.2, 0.25) is 5.02 Å². The highest BCUT2D eigenvalue weighted by Crippen LogP contribution is 2.40. The summed E-state index contributed by atoms with van der Waals surface area (Å²) >= 11 is 6.70. The summed E-state index contributed by atoms with van der Waals surface area (Å²) in [4.78, 5) is 45.4. The number of amides is 3. The van der Waals surface area contributed by atoms with Crippen LogP contribution in [-0.2, 0) is 39.3 Å². The first-order valence-corrected chi connectivity index (χ1v) is 17.9. The minimum atomic E-state index is -4.53. The van der Waals surface area contributed by atoms with Crippen molar-refractivity contribution in [3.05, 3.63) is 94.0 Å². The van der Waals surface area contributed by atoms with E-state index in [1.807, 2.05) is 30.3 Å². The molecule has 2 saturated heterocycles. The molecule has 3 N–H and O–H groups in total. The van der Waals surface area contributed by atoms with Gasteiger partial charge in [0.25, 0.3) is 5.91 Å². The smallest absolute Gasteiger partial charge is 0.401 e. The minimum absolute atomic E-state index is 0.105. The van der Waals surface area contributed by atoms with Gasteiger partial charge in [-0.15, -0.1) is 0 Å². The normalized spacial score (nSPS) is 19.5. The van der Waals surface area contributed by atoms with Gasteiger partial charge in [0.2, 0.25) is 11.8 Å². The molecule has 53 heavy (non-hydrogen) atoms. The van der Waals surface area contributed by atoms with Crippen LogP contribution in [0.25, 0.3) is 11.1 Å². The van der Waals surface area contributed by atoms with E-state index in [1.165, 1.54) is 5.56 Å². The fourth-order valence-corrected chi connectivity index (χ4v) is 7.13. The Kier molecular flexibility index (Phi) is 9.94. The van der Waals surface area contributed by atoms with Crippen molar-refractivity contribution in [1.82, 2.24) is 30.7 Å². The van der Waals surface area contributed by atoms with Crippen molar-refractivity contribution >= 4 is 35.0 Å². The number of anilines is 1. The maximum absolute atomic E-state index is 13.4. The molecule has 4 heterocycles. The molecule has 0 aliphatic carbocycles. The summed E-state index contributed by atoms with van der Waals surface area (Å²) in [6.07, 6.45) is -4.16. The second kappa shape index (κ2) is 14.5. The molecule has 1 aromatic heterocycles. The Morgan fingerprint density at radius 1 is 1.02 bits per heavy atom. The number of hydrogen-bond acceptors (Lipinski definition) is 8. The molecule has 15 heteroatoms. The molecule has 0 radical (unpaired) electrons. The van der Waals surface area contributed by atoms with E-state index in [9.17, 15) is 27.6 Å². The number of benzene rings is 3. The molecule has 3 amide bonds. The number of carbonyl (C=O) groups is 3. The third kappa shape index (κ3) is 7.74. The molecular formula is C38H39ClF3N7O4. The summed E-state index contributed by atoms with van der Waals surface area (Å²) in [6.45, 7) is 6.21. The highest BCUT2D eigenvalue weighted by atomic mass is 35.5. The Balaban J connectivity index is 0.900. The highest BCUT2D eigenvalue weighted by molar-refractivity contribution is 6.33. The maximum Gasteiger partial charge on any atom is 0.401 e. The van der Waals surface area contributed by atoms with Crippen molar-refractivity contribution in [2.75, 3.05) is 31.1 Å². The topological polar surface area (TPSA) is 133 Å². The number of rotatable bonds is 9. The number of hydrogen-bond donors (Lipinski definition) is 3. The van der Waals surface area contributed by atoms with Crippen LogP contribution < -0.4 is 20.3 Å². The second-order valence-corrected chi connectivity index (χ2v) is 14.7. The summed E-state index contributed by atoms with van der Waals surface area (Å²) in [5.74, 6) is -0.902. The zero-order chi connectivity index (χ0) is 37.5. The summed E-state index contributed by atoms with van der Waals surface area (Å²) in [7, 11) is 0. The van der Waals surface area contributed by atoms with Gasteiger partial charge in [-0.1, -0.05) is 48.0 Å². The van der Waals surface area contributed by atoms with E-state index < -0.39 is 29.4 Å². The van der Waals surface area contributed by atoms with Crippen LogP contribution in [0.3, 0.4) is 0 Å². The van der Waals surface area contributed by atoms with Crippen molar-refractivity contribution < 1.29 is 32.3 Å². The summed E-state index contributed by atoms with van der Waals surface area (Å²) in [5.41, 5.74) is 3.44. The zero-order valence-corrected chi connectivity index (χ0v) is 30.0. The van der Waals surface area contributed by atoms with Crippen LogP contribution in [-0.4, -0.2) is 76.3 Å². The lowest BCUT2D eigenvalue weighted by molar-refractivity contribution is -0.182. The molecule has 0 saturated carbocycles. The van der Waals surface area contributed by atoms with Crippen LogP contribution in [0.5, 0.6) is 5.75 Å². The van der Waals surface area contributed by atoms with Gasteiger partial charge in [-0.25, -0.2) is 4.98 Å². The van der Waals surface area contributed by atoms with Crippen LogP contribution in [0.4, 0.5) is 18.9 Å². The lowest BCUT2D eigenvalue weighted by Gasteiger charge is -2.36. The van der Waals surface area contributed by atoms with Gasteiger partial charge >= 0.3 is 6.18 Å². The van der Waals surface area contributed by atoms with Gasteiger partial charge in [-0.2, -0.15) is 18.3 Å². The van der Waals surface area contributed by atoms with E-state index in [2.05, 4.69) is 59.9 Å². The summed E-state index contributed by atoms with van der Waals surface area (Å²) in [5, 5.41) is 11.8. The Bertz CT molecular complexity index is 2010. The first kappa shape index (κ1) is 36.4. The van der Waals surface area contributed by atoms with Crippen LogP contribution in [0.1, 0.15) is 60.9 Å². The van der Waals surface area contributed by atoms with Gasteiger partial charge in [-0.05, 0) is 66.8 Å². The standard InChI is InChI=1S/C38H39ClF3N7O4/c1-37(2,38(40,41)42)36-44-32(46-47-36)20-43-35(52)31-18-25-17-29(39)28(19-30(25)53-31)24-5-3-22(4-6-24)21-48-13-15-49(16-14-48)26-9-7-23(8-10-26)27-11-12-33(50)45-34(27)51/h3-10,17,19,27,31H,11-16,18,20-21H2,1-2H3,(H,43,52)(H,44,46,47)(H,45,50,51)/t27?,31-/m1/s1. The average Bonchev–Trinajstić information content (AvgIpc) is 3.79. The maximum atomic E-state index is 13.4. The molecule has 2 fully saturated rings. The number of ether oxygens (including phenoxy) is 1. The number of piperidine rings is 1. The number of aromatic nitrogens is 3. The van der Waals surface area contributed by atoms with Gasteiger partial charge in [0.1, 0.15) is 17.0 Å². The number of nitrogens with one attached hydrogen (secondary N) is 3. The van der Waals surface area contributed by atoms with Crippen LogP contribution in [0, 0.1) is 0 Å². The van der Waals surface area contributed by atoms with Crippen LogP contribution in [0.15, 0.2) is 60.7 Å². The number of carbonyl (C=O) groups excluding carboxylic acids is 3. The SMILES string of the molecule is CC(C)(c1n[nH]c(CNC(=O)[C@H]2Cc3cc(Cl)c(-c4ccc(CN5CCN(c6ccc(C7CCC(=O)NC7=O)cc6)CC5)cc4)cc3O2)n1)C(F)(F)F. The number of piperazine rings is 1. The third-order valence-electron chi connectivity index (χ3n) is 10.3. The van der Waals surface area contributed by atoms with E-state index >= 15 is 0 Å². The van der Waals surface area contributed by atoms with Gasteiger partial charge in [0.15, 0.2) is 11.9 Å². The number of alkyl halides is 3. The third-order valence-corrected chi connectivity index (χ3v) is 10.6. The van der Waals surface area contributed by atoms with Crippen molar-refractivity contribution in [3.63, 3.8) is 0 Å². The number of H-pyrrole nitrogens is 1. The molecule has 1 unspecified atom stereocenters. The molecule has 3 aromatic carbocycles. The number of nitrogens with zero attached hydrogens (tertiary/aromatic N) is 4. The van der Waals surface area contributed by atoms with Crippen molar-refractivity contribution in [2.45, 2.75) is 69.8 Å². The van der Waals surface area contributed by atoms with E-state index in [1.54, 1.807) is 6.07 Å². The van der Waals surface area contributed by atoms with Crippen LogP contribution >= 0.6 is 11.6 Å². The zero-order valence-electron chi connectivity index (χ0n) is 29.2. The fourth-order valence-electron chi connectivity index (χ4n) is 6.83. The van der Waals surface area contributed by atoms with Gasteiger partial charge < -0.3 is 15.0 Å². The molecule has 3 aliphatic heterocycles. The molecular weight excluding hydrogens is 711 g/mol. The molecule has 0 bridgehead atoms. The Morgan fingerprint density at radius 2 is 1.74 bits per heavy atom. The minimum Gasteiger partial charge on any atom is -0.480 e. The van der Waals surface area contributed by atoms with Crippen molar-refractivity contribution in [1.29, 1.82) is 0 Å². The van der Waals surface area contributed by atoms with E-state index in [0.29, 0.717) is 30.0 Å². The molecule has 7 rings (SSSR count). The molecule has 3 aliphatic rings. The molecule has 11 nitrogen and oxygen atoms in total. The lowest BCUT2D eigenvalue weighted by Crippen LogP contribution is -2.46. The van der Waals surface area contributed by atoms with Crippen molar-refractivity contribution in [2.24, 2.45) is 0 Å². The van der Waals surface area contributed by atoms with Crippen molar-refractivity contribution in [3.8, 4) is 16.9 Å². The van der Waals surface area contributed by atoms with Gasteiger partial charge in [0.05, 0.1) is 12.5 Å². The Labute approximate surface area is 309 Å². The number of imide groups is 1. The number of aromatic amines is 1.